The molecule has 3 amide bonds. The number of likely N-dealkylation sites (tertiary alicyclic amines) is 1. The predicted molar refractivity (Wildman–Crippen MR) is 123 cm³/mol. The van der Waals surface area contributed by atoms with Crippen LogP contribution >= 0.6 is 0 Å². The molecule has 9 nitrogen and oxygen atoms in total. The molecule has 2 aromatic rings. The summed E-state index contributed by atoms with van der Waals surface area (Å²) >= 11 is 0. The van der Waals surface area contributed by atoms with Crippen molar-refractivity contribution in [3.8, 4) is 0 Å². The highest BCUT2D eigenvalue weighted by Crippen LogP contribution is 2.28. The van der Waals surface area contributed by atoms with Gasteiger partial charge in [-0.25, -0.2) is 13.6 Å². The van der Waals surface area contributed by atoms with Crippen LogP contribution in [-0.4, -0.2) is 50.7 Å². The maximum atomic E-state index is 13.0. The van der Waals surface area contributed by atoms with Gasteiger partial charge >= 0.3 is 0 Å². The van der Waals surface area contributed by atoms with Crippen molar-refractivity contribution in [1.82, 2.24) is 4.90 Å². The summed E-state index contributed by atoms with van der Waals surface area (Å²) < 4.78 is 22.7. The minimum Gasteiger partial charge on any atom is -0.342 e. The second-order valence-corrected chi connectivity index (χ2v) is 9.96. The van der Waals surface area contributed by atoms with Gasteiger partial charge in [-0.15, -0.1) is 0 Å². The molecule has 4 rings (SSSR count). The van der Waals surface area contributed by atoms with Gasteiger partial charge in [-0.3, -0.25) is 14.4 Å². The van der Waals surface area contributed by atoms with Crippen molar-refractivity contribution in [2.45, 2.75) is 24.2 Å². The van der Waals surface area contributed by atoms with Crippen LogP contribution in [0.2, 0.25) is 0 Å². The number of para-hydroxylation sites is 1. The zero-order valence-electron chi connectivity index (χ0n) is 18.0. The van der Waals surface area contributed by atoms with Gasteiger partial charge in [-0.2, -0.15) is 0 Å². The van der Waals surface area contributed by atoms with Crippen LogP contribution in [0, 0.1) is 11.8 Å². The molecule has 1 atom stereocenters. The first kappa shape index (κ1) is 22.9. The van der Waals surface area contributed by atoms with E-state index < -0.39 is 10.0 Å². The molecule has 2 heterocycles. The summed E-state index contributed by atoms with van der Waals surface area (Å²) in [6.45, 7) is 1.28. The molecule has 0 radical (unpaired) electrons. The lowest BCUT2D eigenvalue weighted by Gasteiger charge is -2.33. The van der Waals surface area contributed by atoms with Gasteiger partial charge in [0.15, 0.2) is 0 Å². The number of anilines is 2. The Kier molecular flexibility index (Phi) is 6.48. The number of benzene rings is 2. The van der Waals surface area contributed by atoms with Gasteiger partial charge in [0.05, 0.1) is 10.8 Å². The zero-order chi connectivity index (χ0) is 23.6. The predicted octanol–water partition coefficient (Wildman–Crippen LogP) is 1.56. The van der Waals surface area contributed by atoms with Crippen molar-refractivity contribution in [2.75, 3.05) is 29.9 Å². The van der Waals surface area contributed by atoms with E-state index in [0.717, 1.165) is 5.69 Å². The Morgan fingerprint density at radius 3 is 2.18 bits per heavy atom. The summed E-state index contributed by atoms with van der Waals surface area (Å²) in [4.78, 5) is 41.4. The molecular weight excluding hydrogens is 444 g/mol. The Balaban J connectivity index is 1.29. The summed E-state index contributed by atoms with van der Waals surface area (Å²) in [7, 11) is -3.79. The van der Waals surface area contributed by atoms with Gasteiger partial charge in [0, 0.05) is 43.3 Å². The van der Waals surface area contributed by atoms with Crippen molar-refractivity contribution in [2.24, 2.45) is 17.0 Å². The summed E-state index contributed by atoms with van der Waals surface area (Å²) in [5.74, 6) is -0.892. The third-order valence-corrected chi connectivity index (χ3v) is 7.10. The third kappa shape index (κ3) is 5.23. The van der Waals surface area contributed by atoms with Gasteiger partial charge in [0.25, 0.3) is 0 Å². The van der Waals surface area contributed by atoms with Crippen molar-refractivity contribution in [3.05, 3.63) is 54.6 Å². The highest BCUT2D eigenvalue weighted by Gasteiger charge is 2.38. The van der Waals surface area contributed by atoms with Gasteiger partial charge in [0.2, 0.25) is 27.7 Å². The minimum atomic E-state index is -3.79. The topological polar surface area (TPSA) is 130 Å². The molecule has 174 valence electrons. The molecule has 2 aliphatic heterocycles. The number of nitrogens with two attached hydrogens (primary N) is 1. The largest absolute Gasteiger partial charge is 0.342 e. The number of rotatable bonds is 5. The molecule has 33 heavy (non-hydrogen) atoms. The first-order chi connectivity index (χ1) is 15.7. The Labute approximate surface area is 192 Å². The molecule has 0 saturated carbocycles. The van der Waals surface area contributed by atoms with E-state index in [2.05, 4.69) is 5.32 Å². The lowest BCUT2D eigenvalue weighted by Crippen LogP contribution is -2.44. The van der Waals surface area contributed by atoms with E-state index in [1.165, 1.54) is 24.3 Å². The third-order valence-electron chi connectivity index (χ3n) is 6.17. The van der Waals surface area contributed by atoms with Gasteiger partial charge in [0.1, 0.15) is 0 Å². The van der Waals surface area contributed by atoms with Crippen LogP contribution in [0.4, 0.5) is 11.4 Å². The first-order valence-corrected chi connectivity index (χ1v) is 12.3. The first-order valence-electron chi connectivity index (χ1n) is 10.8. The van der Waals surface area contributed by atoms with Crippen LogP contribution in [0.15, 0.2) is 59.5 Å². The number of nitrogens with one attached hydrogen (secondary N) is 1. The Hall–Kier alpha value is -3.24. The number of sulfonamides is 1. The van der Waals surface area contributed by atoms with Crippen LogP contribution in [0.25, 0.3) is 0 Å². The normalized spacial score (nSPS) is 19.5. The maximum absolute atomic E-state index is 13.0. The SMILES string of the molecule is NS(=O)(=O)c1ccc(NC(=O)C2CCN(C(=O)C3CC(=O)N(c4ccccc4)C3)CC2)cc1. The summed E-state index contributed by atoms with van der Waals surface area (Å²) in [6.07, 6.45) is 1.24. The van der Waals surface area contributed by atoms with Crippen LogP contribution in [0.3, 0.4) is 0 Å². The van der Waals surface area contributed by atoms with E-state index in [9.17, 15) is 22.8 Å². The second kappa shape index (κ2) is 9.32. The van der Waals surface area contributed by atoms with E-state index in [-0.39, 0.29) is 40.9 Å². The standard InChI is InChI=1S/C23H26N4O5S/c24-33(31,32)20-8-6-18(7-9-20)25-22(29)16-10-12-26(13-11-16)23(30)17-14-21(28)27(15-17)19-4-2-1-3-5-19/h1-9,16-17H,10-15H2,(H,25,29)(H2,24,31,32). The monoisotopic (exact) mass is 470 g/mol. The lowest BCUT2D eigenvalue weighted by molar-refractivity contribution is -0.138. The summed E-state index contributed by atoms with van der Waals surface area (Å²) in [6, 6.07) is 15.0. The van der Waals surface area contributed by atoms with Crippen LogP contribution in [-0.2, 0) is 24.4 Å². The molecule has 10 heteroatoms. The second-order valence-electron chi connectivity index (χ2n) is 8.40. The fraction of sp³-hybridized carbons (Fsp3) is 0.348. The number of carbonyl (C=O) groups excluding carboxylic acids is 3. The van der Waals surface area contributed by atoms with E-state index in [4.69, 9.17) is 5.14 Å². The van der Waals surface area contributed by atoms with Gasteiger partial charge in [-0.05, 0) is 49.2 Å². The highest BCUT2D eigenvalue weighted by molar-refractivity contribution is 7.89. The van der Waals surface area contributed by atoms with E-state index in [0.29, 0.717) is 38.2 Å². The number of nitrogens with zero attached hydrogens (tertiary/aromatic N) is 2. The molecule has 1 unspecified atom stereocenters. The number of primary sulfonamides is 1. The Morgan fingerprint density at radius 1 is 0.939 bits per heavy atom. The molecule has 2 aliphatic rings. The number of hydrogen-bond acceptors (Lipinski definition) is 5. The number of amides is 3. The Morgan fingerprint density at radius 2 is 1.58 bits per heavy atom. The van der Waals surface area contributed by atoms with Crippen LogP contribution < -0.4 is 15.4 Å². The molecule has 0 spiro atoms. The molecule has 0 aromatic heterocycles. The van der Waals surface area contributed by atoms with Crippen LogP contribution in [0.5, 0.6) is 0 Å². The summed E-state index contributed by atoms with van der Waals surface area (Å²) in [5.41, 5.74) is 1.28. The van der Waals surface area contributed by atoms with Gasteiger partial charge < -0.3 is 15.1 Å². The molecule has 0 bridgehead atoms. The molecule has 0 aliphatic carbocycles. The minimum absolute atomic E-state index is 0.0245. The van der Waals surface area contributed by atoms with E-state index in [1.807, 2.05) is 30.3 Å². The van der Waals surface area contributed by atoms with Crippen molar-refractivity contribution in [3.63, 3.8) is 0 Å². The van der Waals surface area contributed by atoms with Crippen molar-refractivity contribution < 1.29 is 22.8 Å². The molecule has 2 saturated heterocycles. The van der Waals surface area contributed by atoms with Crippen LogP contribution in [0.1, 0.15) is 19.3 Å². The number of hydrogen-bond donors (Lipinski definition) is 2. The fourth-order valence-corrected chi connectivity index (χ4v) is 4.84. The number of carbonyl (C=O) groups is 3. The fourth-order valence-electron chi connectivity index (χ4n) is 4.32. The highest BCUT2D eigenvalue weighted by atomic mass is 32.2. The molecular formula is C23H26N4O5S. The maximum Gasteiger partial charge on any atom is 0.238 e. The average Bonchev–Trinajstić information content (AvgIpc) is 3.20. The van der Waals surface area contributed by atoms with E-state index >= 15 is 0 Å². The lowest BCUT2D eigenvalue weighted by atomic mass is 9.94. The van der Waals surface area contributed by atoms with Crippen molar-refractivity contribution in [1.29, 1.82) is 0 Å². The summed E-state index contributed by atoms with van der Waals surface area (Å²) in [5, 5.41) is 7.87. The van der Waals surface area contributed by atoms with Crippen molar-refractivity contribution >= 4 is 39.1 Å². The number of piperidine rings is 1. The average molecular weight is 471 g/mol. The van der Waals surface area contributed by atoms with Gasteiger partial charge in [-0.1, -0.05) is 18.2 Å². The quantitative estimate of drug-likeness (QED) is 0.685. The molecule has 2 fully saturated rings. The smallest absolute Gasteiger partial charge is 0.238 e. The van der Waals surface area contributed by atoms with E-state index in [1.54, 1.807) is 9.80 Å². The molecule has 2 aromatic carbocycles. The zero-order valence-corrected chi connectivity index (χ0v) is 18.8. The molecule has 3 N–H and O–H groups in total. The Bertz CT molecular complexity index is 1140.